The van der Waals surface area contributed by atoms with Gasteiger partial charge in [0.05, 0.1) is 10.8 Å². The summed E-state index contributed by atoms with van der Waals surface area (Å²) < 4.78 is 14.3. The number of hydrogen-bond acceptors (Lipinski definition) is 3. The minimum Gasteiger partial charge on any atom is -0.255 e. The SMILES string of the molecule is CS(=O)c1ccccc1-c1cc2sccc2s1. The van der Waals surface area contributed by atoms with E-state index in [1.807, 2.05) is 24.3 Å². The van der Waals surface area contributed by atoms with Crippen molar-refractivity contribution in [2.75, 3.05) is 6.26 Å². The molecule has 1 atom stereocenters. The van der Waals surface area contributed by atoms with Gasteiger partial charge >= 0.3 is 0 Å². The van der Waals surface area contributed by atoms with E-state index in [0.29, 0.717) is 0 Å². The molecule has 0 amide bonds. The van der Waals surface area contributed by atoms with Gasteiger partial charge in [0, 0.05) is 31.0 Å². The summed E-state index contributed by atoms with van der Waals surface area (Å²) in [4.78, 5) is 2.12. The van der Waals surface area contributed by atoms with E-state index in [4.69, 9.17) is 0 Å². The molecular formula is C13H10OS3. The zero-order valence-electron chi connectivity index (χ0n) is 9.17. The number of benzene rings is 1. The average Bonchev–Trinajstić information content (AvgIpc) is 2.88. The second-order valence-electron chi connectivity index (χ2n) is 3.71. The second kappa shape index (κ2) is 4.37. The summed E-state index contributed by atoms with van der Waals surface area (Å²) in [6.45, 7) is 0. The molecule has 0 bridgehead atoms. The third kappa shape index (κ3) is 1.97. The Hall–Kier alpha value is -0.970. The summed E-state index contributed by atoms with van der Waals surface area (Å²) in [5.74, 6) is 0. The Morgan fingerprint density at radius 3 is 2.71 bits per heavy atom. The van der Waals surface area contributed by atoms with Gasteiger partial charge in [0.15, 0.2) is 0 Å². The van der Waals surface area contributed by atoms with Gasteiger partial charge in [-0.05, 0) is 23.6 Å². The average molecular weight is 278 g/mol. The first-order valence-corrected chi connectivity index (χ1v) is 8.41. The van der Waals surface area contributed by atoms with Crippen LogP contribution >= 0.6 is 22.7 Å². The van der Waals surface area contributed by atoms with Gasteiger partial charge in [0.2, 0.25) is 0 Å². The quantitative estimate of drug-likeness (QED) is 0.680. The van der Waals surface area contributed by atoms with Crippen LogP contribution in [0.1, 0.15) is 0 Å². The Morgan fingerprint density at radius 2 is 1.94 bits per heavy atom. The molecule has 17 heavy (non-hydrogen) atoms. The van der Waals surface area contributed by atoms with Crippen molar-refractivity contribution in [1.82, 2.24) is 0 Å². The van der Waals surface area contributed by atoms with Crippen molar-refractivity contribution in [3.63, 3.8) is 0 Å². The Morgan fingerprint density at radius 1 is 1.12 bits per heavy atom. The topological polar surface area (TPSA) is 17.1 Å². The van der Waals surface area contributed by atoms with Crippen LogP contribution in [0.15, 0.2) is 46.7 Å². The van der Waals surface area contributed by atoms with Crippen LogP contribution in [0.5, 0.6) is 0 Å². The van der Waals surface area contributed by atoms with Crippen molar-refractivity contribution in [2.45, 2.75) is 4.90 Å². The number of thiophene rings is 2. The first-order chi connectivity index (χ1) is 8.25. The van der Waals surface area contributed by atoms with Gasteiger partial charge in [-0.1, -0.05) is 18.2 Å². The van der Waals surface area contributed by atoms with Gasteiger partial charge in [-0.15, -0.1) is 22.7 Å². The first-order valence-electron chi connectivity index (χ1n) is 5.15. The summed E-state index contributed by atoms with van der Waals surface area (Å²) in [5, 5.41) is 2.11. The monoisotopic (exact) mass is 278 g/mol. The van der Waals surface area contributed by atoms with Gasteiger partial charge in [-0.25, -0.2) is 0 Å². The highest BCUT2D eigenvalue weighted by Crippen LogP contribution is 2.38. The fraction of sp³-hybridized carbons (Fsp3) is 0.0769. The van der Waals surface area contributed by atoms with E-state index in [-0.39, 0.29) is 0 Å². The molecule has 0 aliphatic heterocycles. The predicted octanol–water partition coefficient (Wildman–Crippen LogP) is 4.37. The van der Waals surface area contributed by atoms with Crippen LogP contribution in [0.2, 0.25) is 0 Å². The van der Waals surface area contributed by atoms with E-state index in [9.17, 15) is 4.21 Å². The van der Waals surface area contributed by atoms with Crippen molar-refractivity contribution in [3.8, 4) is 10.4 Å². The Kier molecular flexibility index (Phi) is 2.86. The molecule has 0 aliphatic rings. The molecular weight excluding hydrogens is 268 g/mol. The lowest BCUT2D eigenvalue weighted by molar-refractivity contribution is 0.687. The molecule has 2 aromatic heterocycles. The standard InChI is InChI=1S/C13H10OS3/c1-17(14)13-5-3-2-4-9(13)11-8-12-10(16-11)6-7-15-12/h2-8H,1H3. The van der Waals surface area contributed by atoms with Crippen LogP contribution in [0.4, 0.5) is 0 Å². The third-order valence-corrected chi connectivity index (χ3v) is 5.70. The molecule has 2 heterocycles. The van der Waals surface area contributed by atoms with Crippen LogP contribution in [-0.2, 0) is 10.8 Å². The summed E-state index contributed by atoms with van der Waals surface area (Å²) in [6, 6.07) is 12.3. The van der Waals surface area contributed by atoms with Gasteiger partial charge in [-0.2, -0.15) is 0 Å². The molecule has 1 nitrogen and oxygen atoms in total. The van der Waals surface area contributed by atoms with E-state index in [1.54, 1.807) is 28.9 Å². The fourth-order valence-electron chi connectivity index (χ4n) is 1.82. The van der Waals surface area contributed by atoms with Gasteiger partial charge in [-0.3, -0.25) is 4.21 Å². The molecule has 86 valence electrons. The number of fused-ring (bicyclic) bond motifs is 1. The number of hydrogen-bond donors (Lipinski definition) is 0. The molecule has 0 N–H and O–H groups in total. The van der Waals surface area contributed by atoms with Crippen molar-refractivity contribution in [1.29, 1.82) is 0 Å². The second-order valence-corrected chi connectivity index (χ2v) is 7.09. The zero-order chi connectivity index (χ0) is 11.8. The molecule has 0 aliphatic carbocycles. The van der Waals surface area contributed by atoms with Crippen molar-refractivity contribution < 1.29 is 4.21 Å². The Labute approximate surface area is 110 Å². The lowest BCUT2D eigenvalue weighted by Crippen LogP contribution is -1.89. The van der Waals surface area contributed by atoms with E-state index < -0.39 is 10.8 Å². The van der Waals surface area contributed by atoms with Gasteiger partial charge in [0.1, 0.15) is 0 Å². The molecule has 3 aromatic rings. The normalized spacial score (nSPS) is 13.0. The summed E-state index contributed by atoms with van der Waals surface area (Å²) in [7, 11) is -0.940. The first kappa shape index (κ1) is 11.1. The molecule has 1 aromatic carbocycles. The van der Waals surface area contributed by atoms with E-state index in [1.165, 1.54) is 14.3 Å². The van der Waals surface area contributed by atoms with Crippen molar-refractivity contribution in [2.24, 2.45) is 0 Å². The van der Waals surface area contributed by atoms with Crippen LogP contribution in [0, 0.1) is 0 Å². The Bertz CT molecular complexity index is 665. The third-order valence-electron chi connectivity index (χ3n) is 2.60. The molecule has 0 saturated carbocycles. The van der Waals surface area contributed by atoms with E-state index in [0.717, 1.165) is 10.5 Å². The highest BCUT2D eigenvalue weighted by Gasteiger charge is 2.10. The lowest BCUT2D eigenvalue weighted by atomic mass is 10.2. The van der Waals surface area contributed by atoms with Crippen molar-refractivity contribution >= 4 is 42.9 Å². The van der Waals surface area contributed by atoms with Crippen LogP contribution in [0.3, 0.4) is 0 Å². The maximum atomic E-state index is 11.7. The van der Waals surface area contributed by atoms with E-state index in [2.05, 4.69) is 17.5 Å². The largest absolute Gasteiger partial charge is 0.255 e. The van der Waals surface area contributed by atoms with Crippen molar-refractivity contribution in [3.05, 3.63) is 41.8 Å². The minimum atomic E-state index is -0.940. The molecule has 0 fully saturated rings. The maximum Gasteiger partial charge on any atom is 0.0504 e. The maximum absolute atomic E-state index is 11.7. The molecule has 0 radical (unpaired) electrons. The van der Waals surface area contributed by atoms with Crippen LogP contribution in [0.25, 0.3) is 19.8 Å². The van der Waals surface area contributed by atoms with E-state index >= 15 is 0 Å². The molecule has 0 saturated heterocycles. The fourth-order valence-corrected chi connectivity index (χ4v) is 4.79. The predicted molar refractivity (Wildman–Crippen MR) is 77.5 cm³/mol. The molecule has 1 unspecified atom stereocenters. The van der Waals surface area contributed by atoms with Gasteiger partial charge < -0.3 is 0 Å². The Balaban J connectivity index is 2.21. The van der Waals surface area contributed by atoms with Crippen LogP contribution < -0.4 is 0 Å². The minimum absolute atomic E-state index is 0.918. The summed E-state index contributed by atoms with van der Waals surface area (Å²) >= 11 is 3.52. The summed E-state index contributed by atoms with van der Waals surface area (Å²) in [5.41, 5.74) is 1.10. The molecule has 3 rings (SSSR count). The lowest BCUT2D eigenvalue weighted by Gasteiger charge is -2.03. The molecule has 0 spiro atoms. The van der Waals surface area contributed by atoms with Crippen LogP contribution in [-0.4, -0.2) is 10.5 Å². The smallest absolute Gasteiger partial charge is 0.0504 e. The zero-order valence-corrected chi connectivity index (χ0v) is 11.6. The number of rotatable bonds is 2. The van der Waals surface area contributed by atoms with Gasteiger partial charge in [0.25, 0.3) is 0 Å². The summed E-state index contributed by atoms with van der Waals surface area (Å²) in [6.07, 6.45) is 1.73. The highest BCUT2D eigenvalue weighted by atomic mass is 32.2. The highest BCUT2D eigenvalue weighted by molar-refractivity contribution is 7.84. The molecule has 4 heteroatoms.